The van der Waals surface area contributed by atoms with Gasteiger partial charge in [0, 0.05) is 4.88 Å². The van der Waals surface area contributed by atoms with Crippen LogP contribution in [-0.4, -0.2) is 21.9 Å². The van der Waals surface area contributed by atoms with Crippen molar-refractivity contribution in [2.45, 2.75) is 31.4 Å². The molecule has 2 aromatic heterocycles. The first kappa shape index (κ1) is 18.2. The molecule has 1 atom stereocenters. The Hall–Kier alpha value is -2.19. The van der Waals surface area contributed by atoms with Gasteiger partial charge in [0.15, 0.2) is 0 Å². The molecule has 4 rings (SSSR count). The van der Waals surface area contributed by atoms with Crippen LogP contribution in [0.4, 0.5) is 10.1 Å². The van der Waals surface area contributed by atoms with E-state index in [-0.39, 0.29) is 17.3 Å². The molecule has 2 heterocycles. The number of thioether (sulfide) groups is 1. The highest BCUT2D eigenvalue weighted by Crippen LogP contribution is 2.37. The van der Waals surface area contributed by atoms with E-state index in [4.69, 9.17) is 4.42 Å². The fourth-order valence-corrected chi connectivity index (χ4v) is 4.75. The van der Waals surface area contributed by atoms with Crippen molar-refractivity contribution in [1.82, 2.24) is 10.2 Å². The number of anilines is 1. The summed E-state index contributed by atoms with van der Waals surface area (Å²) in [7, 11) is 0. The second kappa shape index (κ2) is 7.82. The number of amides is 1. The van der Waals surface area contributed by atoms with Gasteiger partial charge in [-0.3, -0.25) is 4.79 Å². The zero-order valence-electron chi connectivity index (χ0n) is 14.7. The van der Waals surface area contributed by atoms with Crippen LogP contribution < -0.4 is 5.32 Å². The maximum absolute atomic E-state index is 13.6. The summed E-state index contributed by atoms with van der Waals surface area (Å²) < 4.78 is 19.3. The van der Waals surface area contributed by atoms with Gasteiger partial charge in [-0.25, -0.2) is 4.39 Å². The van der Waals surface area contributed by atoms with Gasteiger partial charge in [0.1, 0.15) is 5.82 Å². The first-order valence-electron chi connectivity index (χ1n) is 8.71. The van der Waals surface area contributed by atoms with Crippen LogP contribution in [0.2, 0.25) is 0 Å². The van der Waals surface area contributed by atoms with Gasteiger partial charge in [-0.05, 0) is 48.9 Å². The van der Waals surface area contributed by atoms with Crippen LogP contribution in [0, 0.1) is 11.7 Å². The van der Waals surface area contributed by atoms with Crippen molar-refractivity contribution in [3.05, 3.63) is 46.6 Å². The van der Waals surface area contributed by atoms with E-state index < -0.39 is 5.82 Å². The van der Waals surface area contributed by atoms with Gasteiger partial charge in [0.2, 0.25) is 5.91 Å². The minimum Gasteiger partial charge on any atom is -0.410 e. The first-order valence-corrected chi connectivity index (χ1v) is 10.5. The van der Waals surface area contributed by atoms with E-state index >= 15 is 0 Å². The third-order valence-corrected chi connectivity index (χ3v) is 6.46. The molecule has 0 fully saturated rings. The molecule has 0 bridgehead atoms. The molecule has 0 radical (unpaired) electrons. The van der Waals surface area contributed by atoms with E-state index in [1.807, 2.05) is 0 Å². The number of halogens is 1. The number of carbonyl (C=O) groups excluding carboxylic acids is 1. The summed E-state index contributed by atoms with van der Waals surface area (Å²) in [6, 6.07) is 8.19. The number of hydrogen-bond donors (Lipinski definition) is 1. The number of benzene rings is 1. The van der Waals surface area contributed by atoms with Crippen molar-refractivity contribution < 1.29 is 13.6 Å². The number of nitrogens with zero attached hydrogens (tertiary/aromatic N) is 2. The highest BCUT2D eigenvalue weighted by molar-refractivity contribution is 7.99. The largest absolute Gasteiger partial charge is 0.410 e. The third-order valence-electron chi connectivity index (χ3n) is 4.42. The second-order valence-corrected chi connectivity index (χ2v) is 8.66. The highest BCUT2D eigenvalue weighted by Gasteiger charge is 2.21. The molecule has 0 saturated heterocycles. The lowest BCUT2D eigenvalue weighted by Gasteiger charge is -2.16. The van der Waals surface area contributed by atoms with Crippen LogP contribution in [0.3, 0.4) is 0 Å². The molecule has 1 aromatic carbocycles. The maximum Gasteiger partial charge on any atom is 0.277 e. The summed E-state index contributed by atoms with van der Waals surface area (Å²) in [6.45, 7) is 2.27. The number of aromatic nitrogens is 2. The lowest BCUT2D eigenvalue weighted by atomic mass is 9.90. The summed E-state index contributed by atoms with van der Waals surface area (Å²) >= 11 is 2.84. The summed E-state index contributed by atoms with van der Waals surface area (Å²) in [6.07, 6.45) is 3.42. The molecule has 1 N–H and O–H groups in total. The zero-order chi connectivity index (χ0) is 18.8. The number of thiophene rings is 1. The number of nitrogens with one attached hydrogen (secondary N) is 1. The van der Waals surface area contributed by atoms with Crippen molar-refractivity contribution in [2.24, 2.45) is 5.92 Å². The predicted octanol–water partition coefficient (Wildman–Crippen LogP) is 4.79. The highest BCUT2D eigenvalue weighted by atomic mass is 32.2. The summed E-state index contributed by atoms with van der Waals surface area (Å²) in [5.74, 6) is 0.465. The van der Waals surface area contributed by atoms with Crippen molar-refractivity contribution in [2.75, 3.05) is 11.1 Å². The molecule has 8 heteroatoms. The molecule has 0 saturated carbocycles. The molecule has 5 nitrogen and oxygen atoms in total. The van der Waals surface area contributed by atoms with Crippen molar-refractivity contribution in [3.63, 3.8) is 0 Å². The van der Waals surface area contributed by atoms with Crippen LogP contribution in [0.25, 0.3) is 10.8 Å². The van der Waals surface area contributed by atoms with Gasteiger partial charge in [-0.15, -0.1) is 21.5 Å². The van der Waals surface area contributed by atoms with Crippen LogP contribution >= 0.6 is 23.1 Å². The Labute approximate surface area is 164 Å². The van der Waals surface area contributed by atoms with Crippen molar-refractivity contribution >= 4 is 34.7 Å². The van der Waals surface area contributed by atoms with Gasteiger partial charge in [-0.2, -0.15) is 0 Å². The first-order chi connectivity index (χ1) is 13.1. The van der Waals surface area contributed by atoms with Gasteiger partial charge >= 0.3 is 0 Å². The van der Waals surface area contributed by atoms with E-state index in [0.717, 1.165) is 29.5 Å². The van der Waals surface area contributed by atoms with Gasteiger partial charge < -0.3 is 9.73 Å². The molecule has 1 aliphatic rings. The lowest BCUT2D eigenvalue weighted by Crippen LogP contribution is -2.14. The molecule has 140 valence electrons. The normalized spacial score (nSPS) is 16.1. The van der Waals surface area contributed by atoms with Gasteiger partial charge in [0.25, 0.3) is 11.1 Å². The monoisotopic (exact) mass is 403 g/mol. The maximum atomic E-state index is 13.6. The van der Waals surface area contributed by atoms with Crippen molar-refractivity contribution in [1.29, 1.82) is 0 Å². The van der Waals surface area contributed by atoms with E-state index in [1.54, 1.807) is 23.5 Å². The predicted molar refractivity (Wildman–Crippen MR) is 105 cm³/mol. The molecular formula is C19H18FN3O2S2. The van der Waals surface area contributed by atoms with E-state index in [9.17, 15) is 9.18 Å². The Balaban J connectivity index is 1.37. The number of hydrogen-bond acceptors (Lipinski definition) is 6. The molecule has 27 heavy (non-hydrogen) atoms. The van der Waals surface area contributed by atoms with Crippen LogP contribution in [0.15, 0.2) is 40.0 Å². The van der Waals surface area contributed by atoms with Crippen molar-refractivity contribution in [3.8, 4) is 10.8 Å². The topological polar surface area (TPSA) is 68.0 Å². The number of rotatable bonds is 5. The molecule has 0 unspecified atom stereocenters. The minimum atomic E-state index is -0.466. The zero-order valence-corrected chi connectivity index (χ0v) is 16.3. The Morgan fingerprint density at radius 1 is 1.41 bits per heavy atom. The van der Waals surface area contributed by atoms with Crippen LogP contribution in [0.5, 0.6) is 0 Å². The molecule has 1 amide bonds. The Morgan fingerprint density at radius 2 is 2.26 bits per heavy atom. The van der Waals surface area contributed by atoms with E-state index in [2.05, 4.69) is 28.5 Å². The summed E-state index contributed by atoms with van der Waals surface area (Å²) in [4.78, 5) is 14.4. The van der Waals surface area contributed by atoms with Crippen LogP contribution in [-0.2, 0) is 17.6 Å². The lowest BCUT2D eigenvalue weighted by molar-refractivity contribution is -0.113. The smallest absolute Gasteiger partial charge is 0.277 e. The third kappa shape index (κ3) is 4.22. The Kier molecular flexibility index (Phi) is 5.27. The van der Waals surface area contributed by atoms with E-state index in [0.29, 0.717) is 17.0 Å². The van der Waals surface area contributed by atoms with E-state index in [1.165, 1.54) is 29.0 Å². The molecule has 1 aliphatic carbocycles. The fraction of sp³-hybridized carbons (Fsp3) is 0.316. The summed E-state index contributed by atoms with van der Waals surface area (Å²) in [5, 5.41) is 11.0. The Morgan fingerprint density at radius 3 is 3.11 bits per heavy atom. The number of aryl methyl sites for hydroxylation is 1. The fourth-order valence-electron chi connectivity index (χ4n) is 3.06. The number of fused-ring (bicyclic) bond motifs is 1. The average Bonchev–Trinajstić information content (AvgIpc) is 3.28. The second-order valence-electron chi connectivity index (χ2n) is 6.60. The molecular weight excluding hydrogens is 385 g/mol. The number of para-hydroxylation sites is 1. The molecule has 0 aliphatic heterocycles. The molecule has 3 aromatic rings. The minimum absolute atomic E-state index is 0.0639. The average molecular weight is 404 g/mol. The standard InChI is InChI=1S/C19H18FN3O2S2/c1-11-6-7-15-12(8-11)9-16(27-15)18-22-23-19(25-18)26-10-17(24)21-14-5-3-2-4-13(14)20/h2-5,9,11H,6-8,10H2,1H3,(H,21,24)/t11-/m1/s1. The SMILES string of the molecule is C[C@@H]1CCc2sc(-c3nnc(SCC(=O)Nc4ccccc4F)o3)cc2C1. The molecule has 0 spiro atoms. The van der Waals surface area contributed by atoms with Crippen LogP contribution in [0.1, 0.15) is 23.8 Å². The van der Waals surface area contributed by atoms with Gasteiger partial charge in [-0.1, -0.05) is 30.8 Å². The summed E-state index contributed by atoms with van der Waals surface area (Å²) in [5.41, 5.74) is 1.54. The quantitative estimate of drug-likeness (QED) is 0.620. The Bertz CT molecular complexity index is 970. The number of carbonyl (C=O) groups is 1. The van der Waals surface area contributed by atoms with Gasteiger partial charge in [0.05, 0.1) is 16.3 Å².